The number of benzene rings is 1. The van der Waals surface area contributed by atoms with Crippen LogP contribution in [0.4, 0.5) is 0 Å². The number of rotatable bonds is 8. The summed E-state index contributed by atoms with van der Waals surface area (Å²) in [6, 6.07) is 12.0. The third kappa shape index (κ3) is 8.17. The van der Waals surface area contributed by atoms with Gasteiger partial charge in [-0.1, -0.05) is 24.3 Å². The molecular formula is C19H27IN4O2S. The highest BCUT2D eigenvalue weighted by atomic mass is 127. The smallest absolute Gasteiger partial charge is 0.243 e. The number of nitrogens with zero attached hydrogens (tertiary/aromatic N) is 2. The lowest BCUT2D eigenvalue weighted by Crippen LogP contribution is -2.39. The largest absolute Gasteiger partial charge is 0.496 e. The van der Waals surface area contributed by atoms with Crippen LogP contribution in [0.15, 0.2) is 46.8 Å². The van der Waals surface area contributed by atoms with Crippen molar-refractivity contribution in [3.05, 3.63) is 52.2 Å². The van der Waals surface area contributed by atoms with Crippen molar-refractivity contribution in [3.63, 3.8) is 0 Å². The van der Waals surface area contributed by atoms with Gasteiger partial charge in [0.1, 0.15) is 12.3 Å². The predicted molar refractivity (Wildman–Crippen MR) is 122 cm³/mol. The Morgan fingerprint density at radius 3 is 2.63 bits per heavy atom. The van der Waals surface area contributed by atoms with Gasteiger partial charge in [-0.25, -0.2) is 4.99 Å². The van der Waals surface area contributed by atoms with Gasteiger partial charge in [-0.15, -0.1) is 35.3 Å². The lowest BCUT2D eigenvalue weighted by Gasteiger charge is -2.14. The number of nitrogens with one attached hydrogen (secondary N) is 2. The Hall–Kier alpha value is -1.81. The molecule has 1 heterocycles. The Bertz CT molecular complexity index is 720. The number of hydrogen-bond acceptors (Lipinski definition) is 4. The first kappa shape index (κ1) is 23.2. The summed E-state index contributed by atoms with van der Waals surface area (Å²) in [5.41, 5.74) is 1.13. The number of likely N-dealkylation sites (N-methyl/N-ethyl adjacent to an activating group) is 1. The first-order valence-electron chi connectivity index (χ1n) is 8.46. The number of para-hydroxylation sites is 1. The van der Waals surface area contributed by atoms with Crippen LogP contribution in [0.1, 0.15) is 10.4 Å². The molecule has 148 valence electrons. The number of methoxy groups -OCH3 is 1. The quantitative estimate of drug-likeness (QED) is 0.331. The van der Waals surface area contributed by atoms with Crippen molar-refractivity contribution in [2.75, 3.05) is 34.3 Å². The molecule has 2 rings (SSSR count). The first-order chi connectivity index (χ1) is 12.6. The maximum absolute atomic E-state index is 11.8. The van der Waals surface area contributed by atoms with Gasteiger partial charge >= 0.3 is 0 Å². The van der Waals surface area contributed by atoms with Crippen LogP contribution in [0.2, 0.25) is 0 Å². The molecule has 0 bridgehead atoms. The van der Waals surface area contributed by atoms with E-state index in [1.54, 1.807) is 32.5 Å². The number of ether oxygens (including phenoxy) is 1. The Labute approximate surface area is 182 Å². The molecule has 2 aromatic rings. The number of aliphatic imine (C=N–C) groups is 1. The van der Waals surface area contributed by atoms with E-state index < -0.39 is 0 Å². The summed E-state index contributed by atoms with van der Waals surface area (Å²) < 4.78 is 5.38. The van der Waals surface area contributed by atoms with Crippen molar-refractivity contribution in [1.29, 1.82) is 0 Å². The molecule has 0 radical (unpaired) electrons. The second kappa shape index (κ2) is 12.6. The zero-order valence-corrected chi connectivity index (χ0v) is 19.0. The van der Waals surface area contributed by atoms with Gasteiger partial charge in [0.15, 0.2) is 5.96 Å². The molecule has 0 spiro atoms. The minimum atomic E-state index is -0.0352. The van der Waals surface area contributed by atoms with E-state index in [4.69, 9.17) is 4.74 Å². The fourth-order valence-corrected chi connectivity index (χ4v) is 2.92. The lowest BCUT2D eigenvalue weighted by molar-refractivity contribution is -0.127. The standard InChI is InChI=1S/C19H26N4O2S.HI/c1-23(2)18(24)14-22-19(21-13-16-8-6-12-26-16)20-11-10-15-7-4-5-9-17(15)25-3;/h4-9,12H,10-11,13-14H2,1-3H3,(H2,20,21,22);1H. The summed E-state index contributed by atoms with van der Waals surface area (Å²) in [7, 11) is 5.13. The van der Waals surface area contributed by atoms with Gasteiger partial charge in [0, 0.05) is 25.5 Å². The van der Waals surface area contributed by atoms with E-state index in [0.717, 1.165) is 17.7 Å². The summed E-state index contributed by atoms with van der Waals surface area (Å²) in [6.45, 7) is 1.47. The number of hydrogen-bond donors (Lipinski definition) is 2. The van der Waals surface area contributed by atoms with Crippen molar-refractivity contribution in [2.24, 2.45) is 4.99 Å². The molecule has 1 aromatic carbocycles. The minimum Gasteiger partial charge on any atom is -0.496 e. The molecule has 1 aromatic heterocycles. The van der Waals surface area contributed by atoms with E-state index in [2.05, 4.69) is 21.7 Å². The van der Waals surface area contributed by atoms with Gasteiger partial charge in [-0.05, 0) is 29.5 Å². The van der Waals surface area contributed by atoms with E-state index in [-0.39, 0.29) is 36.4 Å². The van der Waals surface area contributed by atoms with E-state index in [1.807, 2.05) is 35.7 Å². The average molecular weight is 502 g/mol. The fraction of sp³-hybridized carbons (Fsp3) is 0.368. The molecule has 27 heavy (non-hydrogen) atoms. The highest BCUT2D eigenvalue weighted by Crippen LogP contribution is 2.17. The van der Waals surface area contributed by atoms with Crippen molar-refractivity contribution >= 4 is 47.2 Å². The van der Waals surface area contributed by atoms with Crippen molar-refractivity contribution in [1.82, 2.24) is 15.5 Å². The number of guanidine groups is 1. The van der Waals surface area contributed by atoms with Crippen molar-refractivity contribution < 1.29 is 9.53 Å². The summed E-state index contributed by atoms with van der Waals surface area (Å²) in [4.78, 5) is 19.0. The predicted octanol–water partition coefficient (Wildman–Crippen LogP) is 2.74. The number of halogens is 1. The minimum absolute atomic E-state index is 0. The van der Waals surface area contributed by atoms with Crippen LogP contribution < -0.4 is 15.4 Å². The molecule has 0 fully saturated rings. The molecule has 0 aliphatic heterocycles. The topological polar surface area (TPSA) is 66.0 Å². The van der Waals surface area contributed by atoms with Gasteiger partial charge in [-0.2, -0.15) is 0 Å². The highest BCUT2D eigenvalue weighted by molar-refractivity contribution is 14.0. The maximum atomic E-state index is 11.8. The van der Waals surface area contributed by atoms with Gasteiger partial charge in [0.05, 0.1) is 13.7 Å². The molecule has 6 nitrogen and oxygen atoms in total. The summed E-state index contributed by atoms with van der Waals surface area (Å²) in [5.74, 6) is 1.47. The Kier molecular flexibility index (Phi) is 10.8. The molecule has 1 amide bonds. The zero-order valence-electron chi connectivity index (χ0n) is 15.9. The number of carbonyl (C=O) groups is 1. The molecule has 2 N–H and O–H groups in total. The fourth-order valence-electron chi connectivity index (χ4n) is 2.27. The Morgan fingerprint density at radius 1 is 1.19 bits per heavy atom. The van der Waals surface area contributed by atoms with Gasteiger partial charge in [0.2, 0.25) is 5.91 Å². The second-order valence-corrected chi connectivity index (χ2v) is 6.91. The monoisotopic (exact) mass is 502 g/mol. The Balaban J connectivity index is 0.00000364. The number of amides is 1. The zero-order chi connectivity index (χ0) is 18.8. The molecular weight excluding hydrogens is 475 g/mol. The SMILES string of the molecule is COc1ccccc1CCNC(=NCC(=O)N(C)C)NCc1cccs1.I. The number of thiophene rings is 1. The molecule has 8 heteroatoms. The summed E-state index contributed by atoms with van der Waals surface area (Å²) >= 11 is 1.68. The van der Waals surface area contributed by atoms with E-state index in [1.165, 1.54) is 9.78 Å². The van der Waals surface area contributed by atoms with Gasteiger partial charge < -0.3 is 20.3 Å². The third-order valence-electron chi connectivity index (χ3n) is 3.76. The summed E-state index contributed by atoms with van der Waals surface area (Å²) in [6.07, 6.45) is 0.797. The lowest BCUT2D eigenvalue weighted by atomic mass is 10.1. The van der Waals surface area contributed by atoms with Crippen LogP contribution in [-0.2, 0) is 17.8 Å². The molecule has 0 saturated carbocycles. The molecule has 0 unspecified atom stereocenters. The molecule has 0 saturated heterocycles. The molecule has 0 atom stereocenters. The van der Waals surface area contributed by atoms with Crippen molar-refractivity contribution in [3.8, 4) is 5.75 Å². The van der Waals surface area contributed by atoms with Crippen molar-refractivity contribution in [2.45, 2.75) is 13.0 Å². The van der Waals surface area contributed by atoms with Crippen LogP contribution in [0.25, 0.3) is 0 Å². The number of carbonyl (C=O) groups excluding carboxylic acids is 1. The van der Waals surface area contributed by atoms with E-state index in [9.17, 15) is 4.79 Å². The summed E-state index contributed by atoms with van der Waals surface area (Å²) in [5, 5.41) is 8.61. The molecule has 0 aliphatic carbocycles. The Morgan fingerprint density at radius 2 is 1.96 bits per heavy atom. The first-order valence-corrected chi connectivity index (χ1v) is 9.34. The highest BCUT2D eigenvalue weighted by Gasteiger charge is 2.06. The normalized spacial score (nSPS) is 10.7. The van der Waals surface area contributed by atoms with Crippen LogP contribution in [0.5, 0.6) is 5.75 Å². The van der Waals surface area contributed by atoms with E-state index in [0.29, 0.717) is 19.0 Å². The second-order valence-electron chi connectivity index (χ2n) is 5.87. The average Bonchev–Trinajstić information content (AvgIpc) is 3.17. The van der Waals surface area contributed by atoms with Gasteiger partial charge in [-0.3, -0.25) is 4.79 Å². The van der Waals surface area contributed by atoms with Gasteiger partial charge in [0.25, 0.3) is 0 Å². The maximum Gasteiger partial charge on any atom is 0.243 e. The molecule has 0 aliphatic rings. The van der Waals surface area contributed by atoms with Crippen LogP contribution in [-0.4, -0.2) is 51.1 Å². The van der Waals surface area contributed by atoms with Crippen LogP contribution >= 0.6 is 35.3 Å². The van der Waals surface area contributed by atoms with Crippen LogP contribution in [0.3, 0.4) is 0 Å². The van der Waals surface area contributed by atoms with Crippen LogP contribution in [0, 0.1) is 0 Å². The van der Waals surface area contributed by atoms with E-state index >= 15 is 0 Å². The third-order valence-corrected chi connectivity index (χ3v) is 4.64.